The molecule has 2 aliphatic rings. The van der Waals surface area contributed by atoms with Gasteiger partial charge in [0, 0.05) is 12.0 Å². The zero-order valence-corrected chi connectivity index (χ0v) is 24.2. The fourth-order valence-corrected chi connectivity index (χ4v) is 7.49. The van der Waals surface area contributed by atoms with Gasteiger partial charge in [0.15, 0.2) is 5.82 Å². The number of hydrogen-bond acceptors (Lipinski definition) is 5. The number of ether oxygens (including phenoxy) is 1. The standard InChI is InChI=1S/C28H41N5O4S/c1-7-12-22(34)37-18-21(19-13-9-8-10-14-19)29-26(36)33-17-20-23(27(33,2)3)31-32-24(20)30-25(35)28(15-11-16-28)38(4,5)6/h8-10,13-14,21H,7,11-12,15-18H2,1-6H3,(H,29,36)(H2,30,31,32,35). The van der Waals surface area contributed by atoms with Crippen molar-refractivity contribution in [2.45, 2.75) is 75.7 Å². The smallest absolute Gasteiger partial charge is 0.319 e. The minimum absolute atomic E-state index is 0.0271. The lowest BCUT2D eigenvalue weighted by atomic mass is 9.83. The topological polar surface area (TPSA) is 116 Å². The second kappa shape index (κ2) is 10.6. The number of aromatic nitrogens is 2. The van der Waals surface area contributed by atoms with Crippen LogP contribution in [0.15, 0.2) is 30.3 Å². The summed E-state index contributed by atoms with van der Waals surface area (Å²) in [5, 5.41) is 13.7. The third kappa shape index (κ3) is 5.15. The molecular formula is C28H41N5O4S. The zero-order chi connectivity index (χ0) is 27.7. The van der Waals surface area contributed by atoms with E-state index in [2.05, 4.69) is 39.6 Å². The third-order valence-corrected chi connectivity index (χ3v) is 11.0. The second-order valence-electron chi connectivity index (χ2n) is 11.6. The van der Waals surface area contributed by atoms with Gasteiger partial charge < -0.3 is 20.3 Å². The summed E-state index contributed by atoms with van der Waals surface area (Å²) in [4.78, 5) is 40.8. The number of H-pyrrole nitrogens is 1. The molecule has 0 bridgehead atoms. The van der Waals surface area contributed by atoms with Gasteiger partial charge in [-0.15, -0.1) is 0 Å². The van der Waals surface area contributed by atoms with Crippen LogP contribution in [-0.4, -0.2) is 63.1 Å². The molecule has 3 amide bonds. The van der Waals surface area contributed by atoms with E-state index in [0.29, 0.717) is 25.2 Å². The predicted molar refractivity (Wildman–Crippen MR) is 151 cm³/mol. The van der Waals surface area contributed by atoms with Crippen molar-refractivity contribution in [2.75, 3.05) is 30.7 Å². The zero-order valence-electron chi connectivity index (χ0n) is 23.3. The summed E-state index contributed by atoms with van der Waals surface area (Å²) >= 11 is 0. The first-order valence-electron chi connectivity index (χ1n) is 13.3. The lowest BCUT2D eigenvalue weighted by Crippen LogP contribution is -2.51. The fourth-order valence-electron chi connectivity index (χ4n) is 5.37. The van der Waals surface area contributed by atoms with Crippen LogP contribution in [0.1, 0.15) is 75.7 Å². The van der Waals surface area contributed by atoms with Crippen LogP contribution in [0.2, 0.25) is 0 Å². The SMILES string of the molecule is CCCC(=O)OCC(NC(=O)N1Cc2c(NC(=O)C3(S(C)(C)C)CCC3)n[nH]c2C1(C)C)c1ccccc1. The first-order valence-corrected chi connectivity index (χ1v) is 16.1. The first kappa shape index (κ1) is 28.0. The summed E-state index contributed by atoms with van der Waals surface area (Å²) in [6.45, 7) is 6.17. The summed E-state index contributed by atoms with van der Waals surface area (Å²) in [6, 6.07) is 8.71. The van der Waals surface area contributed by atoms with Gasteiger partial charge in [0.25, 0.3) is 0 Å². The van der Waals surface area contributed by atoms with Gasteiger partial charge >= 0.3 is 12.0 Å². The number of benzene rings is 1. The predicted octanol–water partition coefficient (Wildman–Crippen LogP) is 4.81. The van der Waals surface area contributed by atoms with Crippen molar-refractivity contribution in [3.8, 4) is 0 Å². The Morgan fingerprint density at radius 2 is 1.84 bits per heavy atom. The molecule has 2 heterocycles. The van der Waals surface area contributed by atoms with Crippen molar-refractivity contribution in [1.29, 1.82) is 0 Å². The van der Waals surface area contributed by atoms with Crippen molar-refractivity contribution < 1.29 is 19.1 Å². The Morgan fingerprint density at radius 3 is 2.42 bits per heavy atom. The summed E-state index contributed by atoms with van der Waals surface area (Å²) in [6.07, 6.45) is 10.5. The maximum Gasteiger partial charge on any atom is 0.319 e. The number of esters is 1. The van der Waals surface area contributed by atoms with Gasteiger partial charge in [-0.05, 0) is 63.9 Å². The molecule has 4 rings (SSSR count). The van der Waals surface area contributed by atoms with Gasteiger partial charge in [0.05, 0.1) is 28.6 Å². The molecule has 1 atom stereocenters. The summed E-state index contributed by atoms with van der Waals surface area (Å²) < 4.78 is 5.13. The molecule has 9 nitrogen and oxygen atoms in total. The van der Waals surface area contributed by atoms with E-state index in [-0.39, 0.29) is 29.3 Å². The van der Waals surface area contributed by atoms with E-state index in [0.717, 1.165) is 36.1 Å². The van der Waals surface area contributed by atoms with Crippen molar-refractivity contribution in [3.05, 3.63) is 47.2 Å². The van der Waals surface area contributed by atoms with E-state index in [1.165, 1.54) is 0 Å². The monoisotopic (exact) mass is 543 g/mol. The van der Waals surface area contributed by atoms with Crippen LogP contribution < -0.4 is 10.6 Å². The largest absolute Gasteiger partial charge is 0.463 e. The number of carbonyl (C=O) groups excluding carboxylic acids is 3. The maximum absolute atomic E-state index is 13.6. The number of nitrogens with one attached hydrogen (secondary N) is 3. The Morgan fingerprint density at radius 1 is 1.16 bits per heavy atom. The van der Waals surface area contributed by atoms with Gasteiger partial charge in [-0.25, -0.2) is 14.8 Å². The second-order valence-corrected chi connectivity index (χ2v) is 16.0. The Kier molecular flexibility index (Phi) is 7.84. The van der Waals surface area contributed by atoms with Gasteiger partial charge in [0.1, 0.15) is 6.61 Å². The van der Waals surface area contributed by atoms with E-state index in [1.807, 2.05) is 51.1 Å². The molecule has 1 fully saturated rings. The Hall–Kier alpha value is -3.01. The van der Waals surface area contributed by atoms with Gasteiger partial charge in [-0.3, -0.25) is 14.7 Å². The quantitative estimate of drug-likeness (QED) is 0.393. The Bertz CT molecular complexity index is 1180. The molecule has 0 saturated heterocycles. The van der Waals surface area contributed by atoms with Crippen molar-refractivity contribution in [1.82, 2.24) is 20.4 Å². The number of fused-ring (bicyclic) bond motifs is 1. The maximum atomic E-state index is 13.6. The van der Waals surface area contributed by atoms with Crippen LogP contribution in [0.5, 0.6) is 0 Å². The Labute approximate surface area is 226 Å². The molecule has 1 aromatic carbocycles. The molecule has 0 spiro atoms. The lowest BCUT2D eigenvalue weighted by Gasteiger charge is -2.53. The fraction of sp³-hybridized carbons (Fsp3) is 0.571. The van der Waals surface area contributed by atoms with E-state index in [4.69, 9.17) is 4.74 Å². The van der Waals surface area contributed by atoms with Crippen LogP contribution in [0, 0.1) is 0 Å². The highest BCUT2D eigenvalue weighted by atomic mass is 32.3. The number of aromatic amines is 1. The van der Waals surface area contributed by atoms with Crippen LogP contribution >= 0.6 is 10.0 Å². The Balaban J connectivity index is 1.50. The summed E-state index contributed by atoms with van der Waals surface area (Å²) in [7, 11) is -1.11. The average Bonchev–Trinajstić information content (AvgIpc) is 3.33. The van der Waals surface area contributed by atoms with Gasteiger partial charge in [0.2, 0.25) is 5.91 Å². The minimum Gasteiger partial charge on any atom is -0.463 e. The van der Waals surface area contributed by atoms with Crippen LogP contribution in [0.3, 0.4) is 0 Å². The van der Waals surface area contributed by atoms with E-state index in [1.54, 1.807) is 4.90 Å². The highest BCUT2D eigenvalue weighted by molar-refractivity contribution is 8.33. The number of urea groups is 1. The van der Waals surface area contributed by atoms with Gasteiger partial charge in [-0.1, -0.05) is 37.3 Å². The van der Waals surface area contributed by atoms with E-state index < -0.39 is 21.6 Å². The molecule has 1 unspecified atom stereocenters. The summed E-state index contributed by atoms with van der Waals surface area (Å²) in [5.41, 5.74) is 1.80. The van der Waals surface area contributed by atoms with Crippen molar-refractivity contribution in [3.63, 3.8) is 0 Å². The molecule has 38 heavy (non-hydrogen) atoms. The molecule has 3 N–H and O–H groups in total. The van der Waals surface area contributed by atoms with E-state index >= 15 is 0 Å². The van der Waals surface area contributed by atoms with Crippen molar-refractivity contribution >= 4 is 33.8 Å². The molecular weight excluding hydrogens is 502 g/mol. The normalized spacial score (nSPS) is 18.6. The number of nitrogens with zero attached hydrogens (tertiary/aromatic N) is 2. The average molecular weight is 544 g/mol. The van der Waals surface area contributed by atoms with Gasteiger partial charge in [-0.2, -0.15) is 5.10 Å². The number of carbonyl (C=O) groups is 3. The number of amides is 3. The number of anilines is 1. The summed E-state index contributed by atoms with van der Waals surface area (Å²) in [5.74, 6) is 0.239. The van der Waals surface area contributed by atoms with Crippen LogP contribution in [0.4, 0.5) is 10.6 Å². The van der Waals surface area contributed by atoms with E-state index in [9.17, 15) is 14.4 Å². The molecule has 2 aromatic rings. The minimum atomic E-state index is -1.11. The molecule has 1 aliphatic heterocycles. The highest BCUT2D eigenvalue weighted by Gasteiger charge is 2.51. The molecule has 0 radical (unpaired) electrons. The first-order chi connectivity index (χ1) is 17.9. The lowest BCUT2D eigenvalue weighted by molar-refractivity contribution is -0.144. The molecule has 1 aliphatic carbocycles. The van der Waals surface area contributed by atoms with Crippen molar-refractivity contribution in [2.24, 2.45) is 0 Å². The van der Waals surface area contributed by atoms with Crippen LogP contribution in [-0.2, 0) is 26.4 Å². The molecule has 208 valence electrons. The number of rotatable bonds is 9. The molecule has 1 aromatic heterocycles. The molecule has 10 heteroatoms. The number of hydrogen-bond donors (Lipinski definition) is 3. The highest BCUT2D eigenvalue weighted by Crippen LogP contribution is 2.60. The van der Waals surface area contributed by atoms with Crippen LogP contribution in [0.25, 0.3) is 0 Å². The third-order valence-electron chi connectivity index (χ3n) is 8.06. The molecule has 1 saturated carbocycles.